The molecule has 0 spiro atoms. The standard InChI is InChI=1S/C20H18BF6NO5S/c1-19(20(25,26)27)8-11(10-4-6-13(23)15(24)16(10)32-2)17(34-19)18(29)28-14-7-9(33-21(30)31)3-5-12(14)22/h3-7,11,17,30-31H,8H2,1-2H3,(H,28,29). The normalized spacial score (nSPS) is 22.4. The third-order valence-corrected chi connectivity index (χ3v) is 7.06. The SMILES string of the molecule is COc1c(C2CC(C)(C(F)(F)F)SC2C(=O)Nc2cc(OB(O)O)ccc2F)ccc(F)c1F. The zero-order chi connectivity index (χ0) is 25.4. The predicted molar refractivity (Wildman–Crippen MR) is 112 cm³/mol. The van der Waals surface area contributed by atoms with Crippen LogP contribution in [0, 0.1) is 17.5 Å². The van der Waals surface area contributed by atoms with E-state index in [1.165, 1.54) is 0 Å². The fraction of sp³-hybridized carbons (Fsp3) is 0.350. The number of alkyl halides is 3. The predicted octanol–water partition coefficient (Wildman–Crippen LogP) is 4.01. The molecule has 184 valence electrons. The minimum absolute atomic E-state index is 0.150. The zero-order valence-electron chi connectivity index (χ0n) is 17.6. The van der Waals surface area contributed by atoms with E-state index in [-0.39, 0.29) is 23.1 Å². The number of rotatable bonds is 6. The van der Waals surface area contributed by atoms with Crippen molar-refractivity contribution in [2.24, 2.45) is 0 Å². The fourth-order valence-electron chi connectivity index (χ4n) is 3.67. The first-order chi connectivity index (χ1) is 15.8. The summed E-state index contributed by atoms with van der Waals surface area (Å²) in [6.45, 7) is 0.877. The van der Waals surface area contributed by atoms with Crippen molar-refractivity contribution >= 4 is 30.7 Å². The molecule has 34 heavy (non-hydrogen) atoms. The van der Waals surface area contributed by atoms with Crippen LogP contribution in [-0.4, -0.2) is 46.6 Å². The van der Waals surface area contributed by atoms with E-state index in [1.54, 1.807) is 0 Å². The Bertz CT molecular complexity index is 1090. The van der Waals surface area contributed by atoms with Crippen LogP contribution in [0.1, 0.15) is 24.8 Å². The van der Waals surface area contributed by atoms with Crippen molar-refractivity contribution in [1.82, 2.24) is 0 Å². The van der Waals surface area contributed by atoms with Crippen molar-refractivity contribution in [3.8, 4) is 11.5 Å². The van der Waals surface area contributed by atoms with Crippen LogP contribution in [0.25, 0.3) is 0 Å². The summed E-state index contributed by atoms with van der Waals surface area (Å²) >= 11 is 0.258. The van der Waals surface area contributed by atoms with Gasteiger partial charge in [-0.15, -0.1) is 11.8 Å². The number of halogens is 6. The van der Waals surface area contributed by atoms with Crippen molar-refractivity contribution in [3.05, 3.63) is 53.3 Å². The molecule has 0 bridgehead atoms. The van der Waals surface area contributed by atoms with Gasteiger partial charge in [0.05, 0.1) is 18.0 Å². The van der Waals surface area contributed by atoms with Crippen LogP contribution in [0.4, 0.5) is 32.0 Å². The lowest BCUT2D eigenvalue weighted by atomic mass is 9.85. The second-order valence-corrected chi connectivity index (χ2v) is 9.28. The third-order valence-electron chi connectivity index (χ3n) is 5.34. The van der Waals surface area contributed by atoms with Crippen molar-refractivity contribution in [2.75, 3.05) is 12.4 Å². The van der Waals surface area contributed by atoms with Crippen LogP contribution in [-0.2, 0) is 4.79 Å². The van der Waals surface area contributed by atoms with Gasteiger partial charge in [-0.1, -0.05) is 6.07 Å². The number of anilines is 1. The van der Waals surface area contributed by atoms with Gasteiger partial charge in [-0.25, -0.2) is 8.78 Å². The van der Waals surface area contributed by atoms with Gasteiger partial charge in [0.2, 0.25) is 11.7 Å². The molecule has 1 saturated heterocycles. The molecule has 3 atom stereocenters. The molecule has 3 rings (SSSR count). The van der Waals surface area contributed by atoms with E-state index in [9.17, 15) is 31.1 Å². The van der Waals surface area contributed by atoms with Crippen LogP contribution in [0.2, 0.25) is 0 Å². The van der Waals surface area contributed by atoms with Gasteiger partial charge in [0, 0.05) is 17.5 Å². The summed E-state index contributed by atoms with van der Waals surface area (Å²) in [6.07, 6.45) is -5.42. The maximum Gasteiger partial charge on any atom is 0.707 e. The average molecular weight is 509 g/mol. The number of ether oxygens (including phenoxy) is 1. The molecule has 1 amide bonds. The molecule has 1 aliphatic heterocycles. The number of hydrogen-bond donors (Lipinski definition) is 3. The fourth-order valence-corrected chi connectivity index (χ4v) is 5.22. The molecule has 6 nitrogen and oxygen atoms in total. The topological polar surface area (TPSA) is 88.0 Å². The minimum Gasteiger partial charge on any atom is -0.512 e. The maximum absolute atomic E-state index is 14.3. The van der Waals surface area contributed by atoms with E-state index in [0.717, 1.165) is 44.4 Å². The molecule has 3 N–H and O–H groups in total. The van der Waals surface area contributed by atoms with Crippen LogP contribution < -0.4 is 14.7 Å². The Labute approximate surface area is 194 Å². The van der Waals surface area contributed by atoms with Gasteiger partial charge in [0.15, 0.2) is 11.6 Å². The van der Waals surface area contributed by atoms with Gasteiger partial charge < -0.3 is 24.8 Å². The van der Waals surface area contributed by atoms with Crippen molar-refractivity contribution in [3.63, 3.8) is 0 Å². The van der Waals surface area contributed by atoms with Crippen LogP contribution in [0.3, 0.4) is 0 Å². The second kappa shape index (κ2) is 9.58. The molecule has 2 aromatic rings. The average Bonchev–Trinajstić information content (AvgIpc) is 3.11. The highest BCUT2D eigenvalue weighted by Gasteiger charge is 2.61. The number of thioether (sulfide) groups is 1. The molecule has 1 aliphatic rings. The summed E-state index contributed by atoms with van der Waals surface area (Å²) in [7, 11) is -1.23. The van der Waals surface area contributed by atoms with Gasteiger partial charge in [0.25, 0.3) is 0 Å². The minimum atomic E-state index is -4.76. The third kappa shape index (κ3) is 5.08. The first-order valence-electron chi connectivity index (χ1n) is 9.67. The first-order valence-corrected chi connectivity index (χ1v) is 10.5. The largest absolute Gasteiger partial charge is 0.707 e. The van der Waals surface area contributed by atoms with E-state index in [1.807, 2.05) is 0 Å². The Balaban J connectivity index is 2.01. The highest BCUT2D eigenvalue weighted by Crippen LogP contribution is 2.59. The van der Waals surface area contributed by atoms with Crippen molar-refractivity contribution in [1.29, 1.82) is 0 Å². The monoisotopic (exact) mass is 509 g/mol. The molecule has 2 aromatic carbocycles. The van der Waals surface area contributed by atoms with Crippen LogP contribution in [0.15, 0.2) is 30.3 Å². The van der Waals surface area contributed by atoms with Gasteiger partial charge in [-0.3, -0.25) is 4.79 Å². The Morgan fingerprint density at radius 1 is 1.18 bits per heavy atom. The molecular formula is C20H18BF6NO5S. The van der Waals surface area contributed by atoms with E-state index in [4.69, 9.17) is 14.8 Å². The van der Waals surface area contributed by atoms with Crippen LogP contribution in [0.5, 0.6) is 11.5 Å². The van der Waals surface area contributed by atoms with Crippen molar-refractivity contribution < 1.29 is 50.6 Å². The number of benzene rings is 2. The summed E-state index contributed by atoms with van der Waals surface area (Å²) in [5, 5.41) is 18.4. The second-order valence-electron chi connectivity index (χ2n) is 7.64. The lowest BCUT2D eigenvalue weighted by Crippen LogP contribution is -2.37. The van der Waals surface area contributed by atoms with Gasteiger partial charge in [0.1, 0.15) is 16.3 Å². The Hall–Kier alpha value is -2.58. The molecule has 0 aliphatic carbocycles. The number of hydrogen-bond acceptors (Lipinski definition) is 6. The van der Waals surface area contributed by atoms with Gasteiger partial charge in [-0.05, 0) is 31.5 Å². The molecule has 0 aromatic heterocycles. The van der Waals surface area contributed by atoms with E-state index >= 15 is 0 Å². The summed E-state index contributed by atoms with van der Waals surface area (Å²) in [6, 6.07) is 4.54. The van der Waals surface area contributed by atoms with Gasteiger partial charge in [-0.2, -0.15) is 17.6 Å². The van der Waals surface area contributed by atoms with Gasteiger partial charge >= 0.3 is 13.5 Å². The molecule has 3 unspecified atom stereocenters. The number of nitrogens with one attached hydrogen (secondary N) is 1. The van der Waals surface area contributed by atoms with E-state index in [2.05, 4.69) is 9.97 Å². The Morgan fingerprint density at radius 2 is 1.82 bits per heavy atom. The smallest absolute Gasteiger partial charge is 0.512 e. The number of methoxy groups -OCH3 is 1. The Kier molecular flexibility index (Phi) is 7.34. The number of carbonyl (C=O) groups excluding carboxylic acids is 1. The molecule has 1 heterocycles. The van der Waals surface area contributed by atoms with Crippen LogP contribution >= 0.6 is 11.8 Å². The summed E-state index contributed by atoms with van der Waals surface area (Å²) in [5.74, 6) is -6.87. The summed E-state index contributed by atoms with van der Waals surface area (Å²) in [4.78, 5) is 13.0. The molecular weight excluding hydrogens is 491 g/mol. The number of amides is 1. The quantitative estimate of drug-likeness (QED) is 0.403. The lowest BCUT2D eigenvalue weighted by Gasteiger charge is -2.26. The molecule has 14 heteroatoms. The van der Waals surface area contributed by atoms with E-state index < -0.39 is 70.6 Å². The number of carbonyl (C=O) groups is 1. The first kappa shape index (κ1) is 26.0. The molecule has 0 saturated carbocycles. The summed E-state index contributed by atoms with van der Waals surface area (Å²) < 4.78 is 90.7. The Morgan fingerprint density at radius 3 is 2.41 bits per heavy atom. The lowest BCUT2D eigenvalue weighted by molar-refractivity contribution is -0.155. The van der Waals surface area contributed by atoms with E-state index in [0.29, 0.717) is 0 Å². The zero-order valence-corrected chi connectivity index (χ0v) is 18.4. The molecule has 0 radical (unpaired) electrons. The maximum atomic E-state index is 14.3. The highest BCUT2D eigenvalue weighted by atomic mass is 32.2. The highest BCUT2D eigenvalue weighted by molar-refractivity contribution is 8.02. The summed E-state index contributed by atoms with van der Waals surface area (Å²) in [5.41, 5.74) is -0.650. The molecule has 1 fully saturated rings. The van der Waals surface area contributed by atoms with Crippen molar-refractivity contribution in [2.45, 2.75) is 35.4 Å².